The number of fused-ring (bicyclic) bond motifs is 1. The Morgan fingerprint density at radius 3 is 2.47 bits per heavy atom. The molecule has 1 atom stereocenters. The van der Waals surface area contributed by atoms with E-state index in [2.05, 4.69) is 38.1 Å². The first kappa shape index (κ1) is 12.1. The summed E-state index contributed by atoms with van der Waals surface area (Å²) in [6.45, 7) is 4.82. The fraction of sp³-hybridized carbons (Fsp3) is 0.294. The number of hydrogen-bond donors (Lipinski definition) is 0. The van der Waals surface area contributed by atoms with Crippen molar-refractivity contribution in [2.45, 2.75) is 25.9 Å². The average Bonchev–Trinajstić information content (AvgIpc) is 2.41. The Kier molecular flexibility index (Phi) is 2.94. The maximum absolute atomic E-state index is 6.15. The lowest BCUT2D eigenvalue weighted by Crippen LogP contribution is -2.44. The van der Waals surface area contributed by atoms with E-state index in [0.29, 0.717) is 6.61 Å². The molecular weight excluding hydrogens is 236 g/mol. The summed E-state index contributed by atoms with van der Waals surface area (Å²) in [6.07, 6.45) is 0.855. The summed E-state index contributed by atoms with van der Waals surface area (Å²) in [7, 11) is 0. The molecule has 0 amide bonds. The first-order valence-corrected chi connectivity index (χ1v) is 6.62. The van der Waals surface area contributed by atoms with Crippen molar-refractivity contribution in [1.82, 2.24) is 0 Å². The van der Waals surface area contributed by atoms with Crippen LogP contribution in [0.15, 0.2) is 48.5 Å². The van der Waals surface area contributed by atoms with E-state index in [-0.39, 0.29) is 5.60 Å². The van der Waals surface area contributed by atoms with Gasteiger partial charge < -0.3 is 9.47 Å². The number of benzene rings is 2. The molecule has 0 bridgehead atoms. The molecule has 0 aliphatic carbocycles. The highest BCUT2D eigenvalue weighted by Crippen LogP contribution is 2.36. The van der Waals surface area contributed by atoms with Crippen molar-refractivity contribution in [3.63, 3.8) is 0 Å². The molecule has 1 aliphatic heterocycles. The zero-order chi connectivity index (χ0) is 13.3. The van der Waals surface area contributed by atoms with Crippen LogP contribution in [0, 0.1) is 6.92 Å². The normalized spacial score (nSPS) is 21.2. The Balaban J connectivity index is 1.84. The number of ether oxygens (including phenoxy) is 2. The second-order valence-corrected chi connectivity index (χ2v) is 5.39. The van der Waals surface area contributed by atoms with Crippen LogP contribution in [0.1, 0.15) is 18.1 Å². The third-order valence-electron chi connectivity index (χ3n) is 3.56. The van der Waals surface area contributed by atoms with Gasteiger partial charge in [-0.25, -0.2) is 0 Å². The zero-order valence-electron chi connectivity index (χ0n) is 11.3. The highest BCUT2D eigenvalue weighted by atomic mass is 16.6. The largest absolute Gasteiger partial charge is 0.486 e. The van der Waals surface area contributed by atoms with Crippen LogP contribution in [-0.4, -0.2) is 12.2 Å². The van der Waals surface area contributed by atoms with Gasteiger partial charge in [-0.1, -0.05) is 36.4 Å². The van der Waals surface area contributed by atoms with E-state index in [1.165, 1.54) is 11.1 Å². The van der Waals surface area contributed by atoms with E-state index >= 15 is 0 Å². The molecule has 0 N–H and O–H groups in total. The average molecular weight is 254 g/mol. The summed E-state index contributed by atoms with van der Waals surface area (Å²) in [5.41, 5.74) is 2.31. The molecule has 2 heteroatoms. The Bertz CT molecular complexity index is 591. The molecule has 19 heavy (non-hydrogen) atoms. The van der Waals surface area contributed by atoms with Crippen molar-refractivity contribution in [2.75, 3.05) is 6.61 Å². The van der Waals surface area contributed by atoms with E-state index in [4.69, 9.17) is 9.47 Å². The molecule has 98 valence electrons. The van der Waals surface area contributed by atoms with E-state index in [1.807, 2.05) is 24.3 Å². The lowest BCUT2D eigenvalue weighted by atomic mass is 9.93. The molecule has 0 spiro atoms. The third kappa shape index (κ3) is 2.43. The zero-order valence-corrected chi connectivity index (χ0v) is 11.3. The molecule has 1 heterocycles. The Morgan fingerprint density at radius 1 is 1.00 bits per heavy atom. The van der Waals surface area contributed by atoms with Gasteiger partial charge in [0.15, 0.2) is 11.5 Å². The lowest BCUT2D eigenvalue weighted by molar-refractivity contribution is 0.00648. The Hall–Kier alpha value is -1.96. The van der Waals surface area contributed by atoms with Crippen molar-refractivity contribution < 1.29 is 9.47 Å². The summed E-state index contributed by atoms with van der Waals surface area (Å²) in [6, 6.07) is 16.3. The molecule has 2 aromatic rings. The van der Waals surface area contributed by atoms with Gasteiger partial charge in [-0.3, -0.25) is 0 Å². The lowest BCUT2D eigenvalue weighted by Gasteiger charge is -2.36. The van der Waals surface area contributed by atoms with Crippen molar-refractivity contribution >= 4 is 0 Å². The minimum atomic E-state index is -0.305. The first-order valence-electron chi connectivity index (χ1n) is 6.62. The van der Waals surface area contributed by atoms with Crippen molar-refractivity contribution in [3.8, 4) is 11.5 Å². The molecule has 3 rings (SSSR count). The van der Waals surface area contributed by atoms with Crippen molar-refractivity contribution in [3.05, 3.63) is 59.7 Å². The SMILES string of the molecule is Cc1ccccc1C[C@@]1(C)COc2ccccc2O1. The predicted octanol–water partition coefficient (Wildman–Crippen LogP) is 3.77. The maximum Gasteiger partial charge on any atom is 0.162 e. The van der Waals surface area contributed by atoms with Crippen LogP contribution in [0.25, 0.3) is 0 Å². The van der Waals surface area contributed by atoms with E-state index in [9.17, 15) is 0 Å². The second-order valence-electron chi connectivity index (χ2n) is 5.39. The minimum absolute atomic E-state index is 0.305. The van der Waals surface area contributed by atoms with Gasteiger partial charge in [0, 0.05) is 6.42 Å². The van der Waals surface area contributed by atoms with Gasteiger partial charge in [-0.2, -0.15) is 0 Å². The van der Waals surface area contributed by atoms with Crippen LogP contribution in [0.5, 0.6) is 11.5 Å². The number of aryl methyl sites for hydroxylation is 1. The van der Waals surface area contributed by atoms with Gasteiger partial charge >= 0.3 is 0 Å². The molecule has 2 nitrogen and oxygen atoms in total. The van der Waals surface area contributed by atoms with Gasteiger partial charge in [0.25, 0.3) is 0 Å². The van der Waals surface area contributed by atoms with Crippen LogP contribution >= 0.6 is 0 Å². The van der Waals surface area contributed by atoms with Crippen LogP contribution in [0.3, 0.4) is 0 Å². The summed E-state index contributed by atoms with van der Waals surface area (Å²) in [4.78, 5) is 0. The fourth-order valence-corrected chi connectivity index (χ4v) is 2.48. The Labute approximate surface area is 114 Å². The van der Waals surface area contributed by atoms with Gasteiger partial charge in [-0.05, 0) is 37.1 Å². The van der Waals surface area contributed by atoms with Gasteiger partial charge in [0.05, 0.1) is 0 Å². The maximum atomic E-state index is 6.15. The minimum Gasteiger partial charge on any atom is -0.486 e. The first-order chi connectivity index (χ1) is 9.16. The molecule has 0 saturated heterocycles. The second kappa shape index (κ2) is 4.61. The third-order valence-corrected chi connectivity index (χ3v) is 3.56. The van der Waals surface area contributed by atoms with Crippen LogP contribution in [0.4, 0.5) is 0 Å². The molecule has 0 unspecified atom stereocenters. The fourth-order valence-electron chi connectivity index (χ4n) is 2.48. The van der Waals surface area contributed by atoms with Gasteiger partial charge in [-0.15, -0.1) is 0 Å². The van der Waals surface area contributed by atoms with E-state index in [1.54, 1.807) is 0 Å². The molecule has 0 saturated carbocycles. The topological polar surface area (TPSA) is 18.5 Å². The smallest absolute Gasteiger partial charge is 0.162 e. The number of hydrogen-bond acceptors (Lipinski definition) is 2. The van der Waals surface area contributed by atoms with Crippen molar-refractivity contribution in [1.29, 1.82) is 0 Å². The molecular formula is C17H18O2. The van der Waals surface area contributed by atoms with E-state index < -0.39 is 0 Å². The van der Waals surface area contributed by atoms with Crippen LogP contribution < -0.4 is 9.47 Å². The summed E-state index contributed by atoms with van der Waals surface area (Å²) >= 11 is 0. The standard InChI is InChI=1S/C17H18O2/c1-13-7-3-4-8-14(13)11-17(2)12-18-15-9-5-6-10-16(15)19-17/h3-10H,11-12H2,1-2H3/t17-/m0/s1. The monoisotopic (exact) mass is 254 g/mol. The molecule has 0 radical (unpaired) electrons. The quantitative estimate of drug-likeness (QED) is 0.812. The number of para-hydroxylation sites is 2. The molecule has 0 aromatic heterocycles. The van der Waals surface area contributed by atoms with Gasteiger partial charge in [0.2, 0.25) is 0 Å². The van der Waals surface area contributed by atoms with E-state index in [0.717, 1.165) is 17.9 Å². The molecule has 2 aromatic carbocycles. The summed E-state index contributed by atoms with van der Waals surface area (Å²) in [5.74, 6) is 1.68. The highest BCUT2D eigenvalue weighted by Gasteiger charge is 2.33. The number of rotatable bonds is 2. The summed E-state index contributed by atoms with van der Waals surface area (Å²) < 4.78 is 12.0. The molecule has 1 aliphatic rings. The summed E-state index contributed by atoms with van der Waals surface area (Å²) in [5, 5.41) is 0. The Morgan fingerprint density at radius 2 is 1.68 bits per heavy atom. The van der Waals surface area contributed by atoms with Crippen LogP contribution in [0.2, 0.25) is 0 Å². The van der Waals surface area contributed by atoms with Crippen molar-refractivity contribution in [2.24, 2.45) is 0 Å². The highest BCUT2D eigenvalue weighted by molar-refractivity contribution is 5.41. The van der Waals surface area contributed by atoms with Crippen LogP contribution in [-0.2, 0) is 6.42 Å². The van der Waals surface area contributed by atoms with Gasteiger partial charge in [0.1, 0.15) is 12.2 Å². The predicted molar refractivity (Wildman–Crippen MR) is 75.9 cm³/mol. The molecule has 0 fully saturated rings.